The van der Waals surface area contributed by atoms with Crippen molar-refractivity contribution in [2.75, 3.05) is 13.2 Å². The standard InChI is InChI=1S/C15H31NO/c1-6-16-14(11-17-15(3,4)5)13-9-7-12(2)8-10-13/h12-14,16H,6-11H2,1-5H3. The van der Waals surface area contributed by atoms with E-state index in [9.17, 15) is 0 Å². The number of hydrogen-bond donors (Lipinski definition) is 1. The average molecular weight is 241 g/mol. The fraction of sp³-hybridized carbons (Fsp3) is 1.00. The molecule has 1 aliphatic carbocycles. The molecule has 1 unspecified atom stereocenters. The van der Waals surface area contributed by atoms with E-state index in [-0.39, 0.29) is 5.60 Å². The van der Waals surface area contributed by atoms with Crippen LogP contribution in [0.3, 0.4) is 0 Å². The molecule has 0 bridgehead atoms. The lowest BCUT2D eigenvalue weighted by Crippen LogP contribution is -2.43. The van der Waals surface area contributed by atoms with E-state index >= 15 is 0 Å². The highest BCUT2D eigenvalue weighted by Crippen LogP contribution is 2.30. The largest absolute Gasteiger partial charge is 0.374 e. The zero-order valence-corrected chi connectivity index (χ0v) is 12.4. The molecule has 17 heavy (non-hydrogen) atoms. The van der Waals surface area contributed by atoms with Gasteiger partial charge in [0.25, 0.3) is 0 Å². The molecule has 102 valence electrons. The van der Waals surface area contributed by atoms with Gasteiger partial charge in [-0.3, -0.25) is 0 Å². The van der Waals surface area contributed by atoms with E-state index in [0.717, 1.165) is 25.0 Å². The minimum atomic E-state index is -0.0182. The molecule has 1 aliphatic rings. The van der Waals surface area contributed by atoms with Crippen LogP contribution in [-0.4, -0.2) is 24.8 Å². The van der Waals surface area contributed by atoms with Crippen molar-refractivity contribution in [3.8, 4) is 0 Å². The van der Waals surface area contributed by atoms with Crippen molar-refractivity contribution < 1.29 is 4.74 Å². The van der Waals surface area contributed by atoms with Crippen LogP contribution in [0.4, 0.5) is 0 Å². The number of rotatable bonds is 5. The topological polar surface area (TPSA) is 21.3 Å². The monoisotopic (exact) mass is 241 g/mol. The first-order chi connectivity index (χ1) is 7.92. The second-order valence-corrected chi connectivity index (χ2v) is 6.61. The van der Waals surface area contributed by atoms with Crippen molar-refractivity contribution >= 4 is 0 Å². The van der Waals surface area contributed by atoms with Gasteiger partial charge in [0, 0.05) is 6.04 Å². The van der Waals surface area contributed by atoms with Crippen LogP contribution >= 0.6 is 0 Å². The molecule has 0 aromatic carbocycles. The van der Waals surface area contributed by atoms with Crippen molar-refractivity contribution in [2.24, 2.45) is 11.8 Å². The summed E-state index contributed by atoms with van der Waals surface area (Å²) in [5.41, 5.74) is -0.0182. The van der Waals surface area contributed by atoms with E-state index in [4.69, 9.17) is 4.74 Å². The third-order valence-corrected chi connectivity index (χ3v) is 3.79. The maximum absolute atomic E-state index is 5.96. The number of ether oxygens (including phenoxy) is 1. The van der Waals surface area contributed by atoms with Gasteiger partial charge in [0.1, 0.15) is 0 Å². The molecule has 0 spiro atoms. The Morgan fingerprint density at radius 3 is 2.24 bits per heavy atom. The SMILES string of the molecule is CCNC(COC(C)(C)C)C1CCC(C)CC1. The Kier molecular flexibility index (Phi) is 5.94. The summed E-state index contributed by atoms with van der Waals surface area (Å²) in [4.78, 5) is 0. The summed E-state index contributed by atoms with van der Waals surface area (Å²) in [6, 6.07) is 0.548. The first-order valence-corrected chi connectivity index (χ1v) is 7.29. The minimum Gasteiger partial charge on any atom is -0.374 e. The van der Waals surface area contributed by atoms with E-state index < -0.39 is 0 Å². The molecule has 0 radical (unpaired) electrons. The number of hydrogen-bond acceptors (Lipinski definition) is 2. The quantitative estimate of drug-likeness (QED) is 0.794. The highest BCUT2D eigenvalue weighted by Gasteiger charge is 2.26. The van der Waals surface area contributed by atoms with Gasteiger partial charge in [-0.1, -0.05) is 26.7 Å². The highest BCUT2D eigenvalue weighted by atomic mass is 16.5. The van der Waals surface area contributed by atoms with Crippen LogP contribution in [0, 0.1) is 11.8 Å². The van der Waals surface area contributed by atoms with Crippen molar-refractivity contribution in [3.05, 3.63) is 0 Å². The molecule has 1 fully saturated rings. The third kappa shape index (κ3) is 5.87. The normalized spacial score (nSPS) is 28.1. The first-order valence-electron chi connectivity index (χ1n) is 7.29. The molecule has 1 N–H and O–H groups in total. The molecule has 0 heterocycles. The highest BCUT2D eigenvalue weighted by molar-refractivity contribution is 4.81. The maximum Gasteiger partial charge on any atom is 0.0629 e. The summed E-state index contributed by atoms with van der Waals surface area (Å²) in [6.07, 6.45) is 5.52. The molecular formula is C15H31NO. The Balaban J connectivity index is 2.41. The van der Waals surface area contributed by atoms with E-state index in [1.54, 1.807) is 0 Å². The van der Waals surface area contributed by atoms with Gasteiger partial charge < -0.3 is 10.1 Å². The van der Waals surface area contributed by atoms with Gasteiger partial charge in [0.05, 0.1) is 12.2 Å². The zero-order chi connectivity index (χ0) is 12.9. The molecule has 0 aliphatic heterocycles. The Morgan fingerprint density at radius 1 is 1.18 bits per heavy atom. The summed E-state index contributed by atoms with van der Waals surface area (Å²) >= 11 is 0. The van der Waals surface area contributed by atoms with Gasteiger partial charge >= 0.3 is 0 Å². The molecule has 0 aromatic rings. The van der Waals surface area contributed by atoms with Crippen molar-refractivity contribution in [2.45, 2.75) is 71.9 Å². The molecule has 1 saturated carbocycles. The van der Waals surface area contributed by atoms with Crippen molar-refractivity contribution in [1.82, 2.24) is 5.32 Å². The van der Waals surface area contributed by atoms with E-state index in [1.807, 2.05) is 0 Å². The summed E-state index contributed by atoms with van der Waals surface area (Å²) in [7, 11) is 0. The second kappa shape index (κ2) is 6.75. The van der Waals surface area contributed by atoms with Gasteiger partial charge in [-0.05, 0) is 52.0 Å². The minimum absolute atomic E-state index is 0.0182. The Bertz CT molecular complexity index is 201. The molecular weight excluding hydrogens is 210 g/mol. The summed E-state index contributed by atoms with van der Waals surface area (Å²) in [5, 5.41) is 3.61. The smallest absolute Gasteiger partial charge is 0.0629 e. The number of likely N-dealkylation sites (N-methyl/N-ethyl adjacent to an activating group) is 1. The predicted molar refractivity (Wildman–Crippen MR) is 74.3 cm³/mol. The fourth-order valence-electron chi connectivity index (χ4n) is 2.65. The zero-order valence-electron chi connectivity index (χ0n) is 12.4. The van der Waals surface area contributed by atoms with Crippen molar-refractivity contribution in [3.63, 3.8) is 0 Å². The Labute approximate surface area is 108 Å². The predicted octanol–water partition coefficient (Wildman–Crippen LogP) is 3.61. The fourth-order valence-corrected chi connectivity index (χ4v) is 2.65. The lowest BCUT2D eigenvalue weighted by Gasteiger charge is -2.34. The van der Waals surface area contributed by atoms with Gasteiger partial charge in [0.15, 0.2) is 0 Å². The lowest BCUT2D eigenvalue weighted by atomic mass is 9.79. The molecule has 2 heteroatoms. The number of nitrogens with one attached hydrogen (secondary N) is 1. The van der Waals surface area contributed by atoms with E-state index in [2.05, 4.69) is 39.9 Å². The summed E-state index contributed by atoms with van der Waals surface area (Å²) in [6.45, 7) is 12.9. The molecule has 0 aromatic heterocycles. The molecule has 0 saturated heterocycles. The van der Waals surface area contributed by atoms with Gasteiger partial charge in [-0.2, -0.15) is 0 Å². The molecule has 1 rings (SSSR count). The Morgan fingerprint density at radius 2 is 1.76 bits per heavy atom. The van der Waals surface area contributed by atoms with Gasteiger partial charge in [-0.15, -0.1) is 0 Å². The van der Waals surface area contributed by atoms with Gasteiger partial charge in [-0.25, -0.2) is 0 Å². The summed E-state index contributed by atoms with van der Waals surface area (Å²) in [5.74, 6) is 1.74. The second-order valence-electron chi connectivity index (χ2n) is 6.61. The van der Waals surface area contributed by atoms with Crippen LogP contribution in [0.1, 0.15) is 60.3 Å². The third-order valence-electron chi connectivity index (χ3n) is 3.79. The van der Waals surface area contributed by atoms with Gasteiger partial charge in [0.2, 0.25) is 0 Å². The maximum atomic E-state index is 5.96. The van der Waals surface area contributed by atoms with E-state index in [1.165, 1.54) is 25.7 Å². The molecule has 1 atom stereocenters. The Hall–Kier alpha value is -0.0800. The van der Waals surface area contributed by atoms with Crippen LogP contribution < -0.4 is 5.32 Å². The lowest BCUT2D eigenvalue weighted by molar-refractivity contribution is -0.0253. The summed E-state index contributed by atoms with van der Waals surface area (Å²) < 4.78 is 5.96. The van der Waals surface area contributed by atoms with Crippen LogP contribution in [-0.2, 0) is 4.74 Å². The first kappa shape index (κ1) is 15.0. The average Bonchev–Trinajstić information content (AvgIpc) is 2.24. The molecule has 2 nitrogen and oxygen atoms in total. The van der Waals surface area contributed by atoms with E-state index in [0.29, 0.717) is 6.04 Å². The van der Waals surface area contributed by atoms with Crippen molar-refractivity contribution in [1.29, 1.82) is 0 Å². The van der Waals surface area contributed by atoms with Crippen LogP contribution in [0.25, 0.3) is 0 Å². The van der Waals surface area contributed by atoms with Crippen LogP contribution in [0.5, 0.6) is 0 Å². The molecule has 0 amide bonds. The van der Waals surface area contributed by atoms with Crippen LogP contribution in [0.2, 0.25) is 0 Å². The van der Waals surface area contributed by atoms with Crippen LogP contribution in [0.15, 0.2) is 0 Å².